The number of rotatable bonds is 10. The van der Waals surface area contributed by atoms with Gasteiger partial charge >= 0.3 is 6.18 Å². The van der Waals surface area contributed by atoms with Gasteiger partial charge in [-0.1, -0.05) is 23.5 Å². The molecule has 0 spiro atoms. The zero-order chi connectivity index (χ0) is 41.8. The average Bonchev–Trinajstić information content (AvgIpc) is 3.42. The van der Waals surface area contributed by atoms with Gasteiger partial charge in [0.15, 0.2) is 22.3 Å². The summed E-state index contributed by atoms with van der Waals surface area (Å²) in [5, 5.41) is 14.9. The number of aryl methyl sites for hydroxylation is 1. The Morgan fingerprint density at radius 2 is 1.78 bits per heavy atom. The molecule has 4 aromatic heterocycles. The summed E-state index contributed by atoms with van der Waals surface area (Å²) in [6.07, 6.45) is -4.54. The summed E-state index contributed by atoms with van der Waals surface area (Å²) in [7, 11) is -2.18. The predicted octanol–water partition coefficient (Wildman–Crippen LogP) is 5.83. The van der Waals surface area contributed by atoms with Crippen molar-refractivity contribution in [2.24, 2.45) is 13.0 Å². The molecule has 13 nitrogen and oxygen atoms in total. The van der Waals surface area contributed by atoms with Gasteiger partial charge in [-0.15, -0.1) is 0 Å². The molecular formula is C37H33F7N10O3S2. The van der Waals surface area contributed by atoms with Gasteiger partial charge in [-0.05, 0) is 48.6 Å². The number of anilines is 2. The van der Waals surface area contributed by atoms with Crippen LogP contribution in [-0.4, -0.2) is 76.3 Å². The van der Waals surface area contributed by atoms with Gasteiger partial charge in [0.25, 0.3) is 5.92 Å². The van der Waals surface area contributed by atoms with Crippen LogP contribution >= 0.6 is 11.3 Å². The third kappa shape index (κ3) is 7.13. The molecule has 310 valence electrons. The molecule has 6 aromatic rings. The molecule has 1 saturated carbocycles. The Hall–Kier alpha value is -5.35. The fraction of sp³-hybridized carbons (Fsp3) is 0.378. The number of hydrogen-bond acceptors (Lipinski definition) is 10. The van der Waals surface area contributed by atoms with E-state index in [1.54, 1.807) is 31.3 Å². The summed E-state index contributed by atoms with van der Waals surface area (Å²) in [4.78, 5) is 25.8. The van der Waals surface area contributed by atoms with Crippen molar-refractivity contribution >= 4 is 59.5 Å². The Morgan fingerprint density at radius 3 is 2.47 bits per heavy atom. The van der Waals surface area contributed by atoms with Crippen molar-refractivity contribution in [3.8, 4) is 11.1 Å². The Labute approximate surface area is 334 Å². The Morgan fingerprint density at radius 1 is 1.05 bits per heavy atom. The first-order valence-electron chi connectivity index (χ1n) is 18.4. The number of carbonyl (C=O) groups excluding carboxylic acids is 1. The van der Waals surface area contributed by atoms with Crippen molar-refractivity contribution in [1.29, 1.82) is 0 Å². The lowest BCUT2D eigenvalue weighted by molar-refractivity contribution is -0.142. The van der Waals surface area contributed by atoms with Crippen LogP contribution in [-0.2, 0) is 46.9 Å². The highest BCUT2D eigenvalue weighted by Crippen LogP contribution is 2.68. The summed E-state index contributed by atoms with van der Waals surface area (Å²) in [6.45, 7) is 1.69. The Bertz CT molecular complexity index is 2780. The van der Waals surface area contributed by atoms with E-state index in [2.05, 4.69) is 30.5 Å². The minimum absolute atomic E-state index is 0.0285. The molecule has 3 N–H and O–H groups in total. The van der Waals surface area contributed by atoms with Crippen LogP contribution in [0.25, 0.3) is 32.4 Å². The molecule has 2 aliphatic carbocycles. The van der Waals surface area contributed by atoms with Gasteiger partial charge in [0.05, 0.1) is 28.2 Å². The number of para-hydroxylation sites is 1. The van der Waals surface area contributed by atoms with Crippen LogP contribution < -0.4 is 20.3 Å². The number of benzene rings is 2. The number of pyridine rings is 1. The zero-order valence-corrected chi connectivity index (χ0v) is 32.7. The maximum atomic E-state index is 15.5. The summed E-state index contributed by atoms with van der Waals surface area (Å²) >= 11 is 1.35. The van der Waals surface area contributed by atoms with E-state index in [0.29, 0.717) is 68.8 Å². The van der Waals surface area contributed by atoms with Gasteiger partial charge < -0.3 is 15.5 Å². The van der Waals surface area contributed by atoms with Crippen LogP contribution in [0.3, 0.4) is 0 Å². The maximum absolute atomic E-state index is 15.5. The SMILES string of the molecule is Cn1nc(NS(C)(=O)=O)c2cccc(-c3cc4sc(N5CCNCC5)nc4nc3[C@H](Cc3cc(F)cc(F)c3)NC(=O)Cn3nc(C(F)(F)F)c4c3C(F)(F)C3C[C@H]43)c21. The predicted molar refractivity (Wildman–Crippen MR) is 204 cm³/mol. The van der Waals surface area contributed by atoms with Crippen molar-refractivity contribution in [2.75, 3.05) is 42.1 Å². The van der Waals surface area contributed by atoms with Gasteiger partial charge in [0.2, 0.25) is 15.9 Å². The molecule has 1 aliphatic heterocycles. The fourth-order valence-electron chi connectivity index (χ4n) is 8.29. The first-order chi connectivity index (χ1) is 27.9. The normalized spacial score (nSPS) is 19.2. The minimum atomic E-state index is -5.06. The van der Waals surface area contributed by atoms with Crippen LogP contribution in [0.1, 0.15) is 46.6 Å². The molecule has 9 rings (SSSR count). The summed E-state index contributed by atoms with van der Waals surface area (Å²) in [6, 6.07) is 8.21. The molecule has 22 heteroatoms. The van der Waals surface area contributed by atoms with Crippen LogP contribution in [0.2, 0.25) is 0 Å². The van der Waals surface area contributed by atoms with Crippen LogP contribution in [0.4, 0.5) is 41.7 Å². The van der Waals surface area contributed by atoms with E-state index in [4.69, 9.17) is 9.97 Å². The van der Waals surface area contributed by atoms with E-state index >= 15 is 8.78 Å². The van der Waals surface area contributed by atoms with E-state index in [1.165, 1.54) is 16.0 Å². The third-order valence-electron chi connectivity index (χ3n) is 10.7. The highest BCUT2D eigenvalue weighted by molar-refractivity contribution is 7.92. The van der Waals surface area contributed by atoms with Crippen molar-refractivity contribution < 1.29 is 43.9 Å². The molecular weight excluding hydrogens is 830 g/mol. The van der Waals surface area contributed by atoms with Crippen LogP contribution in [0.5, 0.6) is 0 Å². The van der Waals surface area contributed by atoms with Gasteiger partial charge in [0.1, 0.15) is 23.9 Å². The second-order valence-electron chi connectivity index (χ2n) is 15.0. The van der Waals surface area contributed by atoms with Gasteiger partial charge in [0, 0.05) is 67.3 Å². The number of hydrogen-bond donors (Lipinski definition) is 3. The molecule has 0 bridgehead atoms. The topological polar surface area (TPSA) is 152 Å². The second kappa shape index (κ2) is 13.9. The molecule has 5 heterocycles. The smallest absolute Gasteiger partial charge is 0.346 e. The maximum Gasteiger partial charge on any atom is 0.435 e. The number of piperazine rings is 1. The number of sulfonamides is 1. The fourth-order valence-corrected chi connectivity index (χ4v) is 9.80. The van der Waals surface area contributed by atoms with Crippen molar-refractivity contribution in [1.82, 2.24) is 40.2 Å². The second-order valence-corrected chi connectivity index (χ2v) is 17.7. The van der Waals surface area contributed by atoms with Gasteiger partial charge in [-0.2, -0.15) is 37.1 Å². The lowest BCUT2D eigenvalue weighted by atomic mass is 9.94. The van der Waals surface area contributed by atoms with Gasteiger partial charge in [-0.25, -0.2) is 22.2 Å². The van der Waals surface area contributed by atoms with Gasteiger partial charge in [-0.3, -0.25) is 18.9 Å². The summed E-state index contributed by atoms with van der Waals surface area (Å²) in [5.41, 5.74) is -1.39. The first kappa shape index (κ1) is 39.1. The lowest BCUT2D eigenvalue weighted by Gasteiger charge is -2.26. The molecule has 1 saturated heterocycles. The Balaban J connectivity index is 1.20. The molecule has 59 heavy (non-hydrogen) atoms. The van der Waals surface area contributed by atoms with Crippen LogP contribution in [0.15, 0.2) is 42.5 Å². The van der Waals surface area contributed by atoms with Crippen molar-refractivity contribution in [3.63, 3.8) is 0 Å². The molecule has 2 fully saturated rings. The number of nitrogens with zero attached hydrogens (tertiary/aromatic N) is 7. The standard InChI is InChI=1S/C37H33F7N10O3S2/c1-52-30-20(4-3-5-21(30)33(50-52)51-59(2,56)57)22-15-26-34(48-35(58-26)53-8-6-45-7-9-53)47-29(22)25(12-17-10-18(38)13-19(39)11-17)46-27(55)16-54-32-28(31(49-54)37(42,43)44)23-14-24(23)36(32,40)41/h3-5,10-11,13,15,23-25,45H,6-9,12,14,16H2,1-2H3,(H,46,55)(H,50,51)/t23-,24?,25-/m0/s1. The summed E-state index contributed by atoms with van der Waals surface area (Å²) < 4.78 is 132. The van der Waals surface area contributed by atoms with Crippen molar-refractivity contribution in [3.05, 3.63) is 82.3 Å². The average molecular weight is 863 g/mol. The minimum Gasteiger partial charge on any atom is -0.346 e. The first-order valence-corrected chi connectivity index (χ1v) is 21.1. The molecule has 1 amide bonds. The number of halogens is 7. The van der Waals surface area contributed by atoms with E-state index in [-0.39, 0.29) is 35.6 Å². The Kier molecular flexibility index (Phi) is 9.20. The van der Waals surface area contributed by atoms with E-state index < -0.39 is 81.0 Å². The number of aromatic nitrogens is 6. The molecule has 2 aromatic carbocycles. The van der Waals surface area contributed by atoms with Crippen LogP contribution in [0, 0.1) is 17.6 Å². The number of nitrogens with one attached hydrogen (secondary N) is 3. The number of thiazole rings is 1. The van der Waals surface area contributed by atoms with E-state index in [0.717, 1.165) is 18.4 Å². The number of alkyl halides is 5. The monoisotopic (exact) mass is 862 g/mol. The number of carbonyl (C=O) groups is 1. The third-order valence-corrected chi connectivity index (χ3v) is 12.4. The molecule has 1 unspecified atom stereocenters. The highest BCUT2D eigenvalue weighted by atomic mass is 32.2. The van der Waals surface area contributed by atoms with E-state index in [9.17, 15) is 35.2 Å². The highest BCUT2D eigenvalue weighted by Gasteiger charge is 2.68. The molecule has 3 aliphatic rings. The lowest BCUT2D eigenvalue weighted by Crippen LogP contribution is -2.43. The molecule has 3 atom stereocenters. The quantitative estimate of drug-likeness (QED) is 0.145. The number of amides is 1. The largest absolute Gasteiger partial charge is 0.435 e. The molecule has 0 radical (unpaired) electrons. The van der Waals surface area contributed by atoms with Crippen molar-refractivity contribution in [2.45, 2.75) is 43.4 Å². The zero-order valence-electron chi connectivity index (χ0n) is 31.0. The number of fused-ring (bicyclic) bond motifs is 5. The van der Waals surface area contributed by atoms with E-state index in [1.807, 2.05) is 0 Å². The summed E-state index contributed by atoms with van der Waals surface area (Å²) in [5.74, 6) is -8.87.